The number of rotatable bonds is 3. The number of benzene rings is 1. The molecule has 82 valence electrons. The van der Waals surface area contributed by atoms with Gasteiger partial charge >= 0.3 is 0 Å². The summed E-state index contributed by atoms with van der Waals surface area (Å²) in [7, 11) is 0. The Morgan fingerprint density at radius 2 is 2.25 bits per heavy atom. The molecule has 1 heterocycles. The summed E-state index contributed by atoms with van der Waals surface area (Å²) in [5, 5.41) is 1.43. The Bertz CT molecular complexity index is 522. The van der Waals surface area contributed by atoms with Crippen molar-refractivity contribution >= 4 is 28.3 Å². The van der Waals surface area contributed by atoms with Crippen LogP contribution in [0.1, 0.15) is 5.56 Å². The average Bonchev–Trinajstić information content (AvgIpc) is 2.29. The van der Waals surface area contributed by atoms with E-state index in [4.69, 9.17) is 17.3 Å². The molecule has 0 aliphatic rings. The van der Waals surface area contributed by atoms with E-state index in [-0.39, 0.29) is 0 Å². The second kappa shape index (κ2) is 4.49. The number of pyridine rings is 1. The van der Waals surface area contributed by atoms with Gasteiger partial charge in [0.05, 0.1) is 0 Å². The lowest BCUT2D eigenvalue weighted by Gasteiger charge is -2.08. The van der Waals surface area contributed by atoms with Crippen LogP contribution in [0.3, 0.4) is 0 Å². The van der Waals surface area contributed by atoms with E-state index < -0.39 is 11.3 Å². The predicted molar refractivity (Wildman–Crippen MR) is 64.3 cm³/mol. The van der Waals surface area contributed by atoms with Crippen molar-refractivity contribution in [2.45, 2.75) is 11.8 Å². The zero-order valence-corrected chi connectivity index (χ0v) is 9.32. The fraction of sp³-hybridized carbons (Fsp3) is 0.167. The lowest BCUT2D eigenvalue weighted by molar-refractivity contribution is -0.117. The number of primary amides is 1. The van der Waals surface area contributed by atoms with Gasteiger partial charge in [0, 0.05) is 17.8 Å². The molecule has 2 rings (SSSR count). The molecule has 0 aliphatic carbocycles. The minimum absolute atomic E-state index is 0.443. The number of nitrogens with zero attached hydrogens (tertiary/aromatic N) is 1. The van der Waals surface area contributed by atoms with Crippen LogP contribution < -0.4 is 5.73 Å². The van der Waals surface area contributed by atoms with E-state index in [0.29, 0.717) is 6.42 Å². The first-order chi connectivity index (χ1) is 7.68. The van der Waals surface area contributed by atoms with E-state index in [1.807, 2.05) is 24.3 Å². The monoisotopic (exact) mass is 234 g/mol. The highest BCUT2D eigenvalue weighted by Crippen LogP contribution is 2.20. The fourth-order valence-electron chi connectivity index (χ4n) is 1.66. The lowest BCUT2D eigenvalue weighted by atomic mass is 10.0. The highest BCUT2D eigenvalue weighted by atomic mass is 35.5. The molecule has 0 bridgehead atoms. The van der Waals surface area contributed by atoms with Gasteiger partial charge in [-0.2, -0.15) is 0 Å². The summed E-state index contributed by atoms with van der Waals surface area (Å²) in [6.07, 6.45) is 3.95. The average molecular weight is 235 g/mol. The van der Waals surface area contributed by atoms with Crippen molar-refractivity contribution in [3.63, 3.8) is 0 Å². The van der Waals surface area contributed by atoms with Crippen LogP contribution in [0.5, 0.6) is 0 Å². The van der Waals surface area contributed by atoms with Crippen LogP contribution in [0.4, 0.5) is 0 Å². The highest BCUT2D eigenvalue weighted by molar-refractivity contribution is 6.30. The normalized spacial score (nSPS) is 12.6. The van der Waals surface area contributed by atoms with Crippen LogP contribution in [0.2, 0.25) is 0 Å². The van der Waals surface area contributed by atoms with E-state index in [2.05, 4.69) is 4.98 Å². The number of fused-ring (bicyclic) bond motifs is 1. The Balaban J connectivity index is 2.41. The maximum absolute atomic E-state index is 10.9. The minimum Gasteiger partial charge on any atom is -0.368 e. The Kier molecular flexibility index (Phi) is 3.06. The molecule has 0 saturated carbocycles. The molecular weight excluding hydrogens is 224 g/mol. The van der Waals surface area contributed by atoms with Gasteiger partial charge in [-0.05, 0) is 23.4 Å². The number of hydrogen-bond acceptors (Lipinski definition) is 2. The number of nitrogens with two attached hydrogens (primary N) is 1. The highest BCUT2D eigenvalue weighted by Gasteiger charge is 2.13. The first kappa shape index (κ1) is 10.9. The quantitative estimate of drug-likeness (QED) is 0.825. The van der Waals surface area contributed by atoms with Crippen LogP contribution in [0, 0.1) is 0 Å². The molecule has 1 unspecified atom stereocenters. The van der Waals surface area contributed by atoms with Gasteiger partial charge in [0.15, 0.2) is 0 Å². The second-order valence-electron chi connectivity index (χ2n) is 3.59. The van der Waals surface area contributed by atoms with Gasteiger partial charge in [-0.25, -0.2) is 0 Å². The number of alkyl halides is 1. The number of amides is 1. The zero-order valence-electron chi connectivity index (χ0n) is 8.56. The van der Waals surface area contributed by atoms with Crippen molar-refractivity contribution in [1.29, 1.82) is 0 Å². The van der Waals surface area contributed by atoms with Gasteiger partial charge in [-0.3, -0.25) is 9.78 Å². The number of halogens is 1. The topological polar surface area (TPSA) is 56.0 Å². The van der Waals surface area contributed by atoms with Gasteiger partial charge in [0.2, 0.25) is 5.91 Å². The van der Waals surface area contributed by atoms with Crippen LogP contribution in [-0.2, 0) is 11.2 Å². The molecule has 1 amide bonds. The summed E-state index contributed by atoms with van der Waals surface area (Å²) in [4.78, 5) is 15.0. The number of carbonyl (C=O) groups is 1. The van der Waals surface area contributed by atoms with Gasteiger partial charge in [-0.1, -0.05) is 18.2 Å². The zero-order chi connectivity index (χ0) is 11.5. The molecule has 16 heavy (non-hydrogen) atoms. The SMILES string of the molecule is NC(=O)C(Cl)Cc1cccc2cnccc12. The van der Waals surface area contributed by atoms with Crippen LogP contribution in [0.25, 0.3) is 10.8 Å². The Hall–Kier alpha value is -1.61. The van der Waals surface area contributed by atoms with E-state index in [0.717, 1.165) is 16.3 Å². The first-order valence-electron chi connectivity index (χ1n) is 4.93. The van der Waals surface area contributed by atoms with Crippen molar-refractivity contribution in [1.82, 2.24) is 4.98 Å². The first-order valence-corrected chi connectivity index (χ1v) is 5.37. The summed E-state index contributed by atoms with van der Waals surface area (Å²) in [6.45, 7) is 0. The van der Waals surface area contributed by atoms with E-state index in [9.17, 15) is 4.79 Å². The number of hydrogen-bond donors (Lipinski definition) is 1. The molecule has 2 aromatic rings. The Labute approximate surface area is 98.2 Å². The maximum Gasteiger partial charge on any atom is 0.235 e. The summed E-state index contributed by atoms with van der Waals surface area (Å²) in [5.74, 6) is -0.493. The van der Waals surface area contributed by atoms with E-state index in [1.54, 1.807) is 12.4 Å². The number of aromatic nitrogens is 1. The van der Waals surface area contributed by atoms with Gasteiger partial charge in [0.25, 0.3) is 0 Å². The molecule has 0 aliphatic heterocycles. The van der Waals surface area contributed by atoms with Gasteiger partial charge < -0.3 is 5.73 Å². The summed E-state index contributed by atoms with van der Waals surface area (Å²) < 4.78 is 0. The Morgan fingerprint density at radius 3 is 3.00 bits per heavy atom. The molecule has 0 saturated heterocycles. The molecule has 2 N–H and O–H groups in total. The van der Waals surface area contributed by atoms with Crippen LogP contribution in [0.15, 0.2) is 36.7 Å². The molecule has 0 spiro atoms. The standard InChI is InChI=1S/C12H11ClN2O/c13-11(12(14)16)6-8-2-1-3-9-7-15-5-4-10(8)9/h1-5,7,11H,6H2,(H2,14,16). The van der Waals surface area contributed by atoms with E-state index in [1.165, 1.54) is 0 Å². The van der Waals surface area contributed by atoms with Crippen molar-refractivity contribution in [3.05, 3.63) is 42.2 Å². The molecule has 4 heteroatoms. The van der Waals surface area contributed by atoms with Crippen molar-refractivity contribution in [3.8, 4) is 0 Å². The molecular formula is C12H11ClN2O. The predicted octanol–water partition coefficient (Wildman–Crippen LogP) is 1.87. The molecule has 0 radical (unpaired) electrons. The van der Waals surface area contributed by atoms with Crippen molar-refractivity contribution in [2.24, 2.45) is 5.73 Å². The smallest absolute Gasteiger partial charge is 0.235 e. The summed E-state index contributed by atoms with van der Waals surface area (Å²) in [6, 6.07) is 7.75. The lowest BCUT2D eigenvalue weighted by Crippen LogP contribution is -2.25. The maximum atomic E-state index is 10.9. The molecule has 1 aromatic heterocycles. The van der Waals surface area contributed by atoms with E-state index >= 15 is 0 Å². The third-order valence-corrected chi connectivity index (χ3v) is 2.85. The molecule has 1 aromatic carbocycles. The third kappa shape index (κ3) is 2.14. The second-order valence-corrected chi connectivity index (χ2v) is 4.11. The van der Waals surface area contributed by atoms with Gasteiger partial charge in [-0.15, -0.1) is 11.6 Å². The molecule has 0 fully saturated rings. The van der Waals surface area contributed by atoms with Crippen LogP contribution >= 0.6 is 11.6 Å². The summed E-state index contributed by atoms with van der Waals surface area (Å²) >= 11 is 5.86. The Morgan fingerprint density at radius 1 is 1.44 bits per heavy atom. The summed E-state index contributed by atoms with van der Waals surface area (Å²) in [5.41, 5.74) is 6.16. The number of carbonyl (C=O) groups excluding carboxylic acids is 1. The minimum atomic E-state index is -0.668. The van der Waals surface area contributed by atoms with Crippen LogP contribution in [-0.4, -0.2) is 16.3 Å². The molecule has 3 nitrogen and oxygen atoms in total. The third-order valence-electron chi connectivity index (χ3n) is 2.48. The largest absolute Gasteiger partial charge is 0.368 e. The van der Waals surface area contributed by atoms with Crippen molar-refractivity contribution in [2.75, 3.05) is 0 Å². The molecule has 1 atom stereocenters. The fourth-order valence-corrected chi connectivity index (χ4v) is 1.83. The van der Waals surface area contributed by atoms with Gasteiger partial charge in [0.1, 0.15) is 5.38 Å². The van der Waals surface area contributed by atoms with Crippen molar-refractivity contribution < 1.29 is 4.79 Å².